The van der Waals surface area contributed by atoms with E-state index in [1.165, 1.54) is 6.07 Å². The molecule has 7 nitrogen and oxygen atoms in total. The quantitative estimate of drug-likeness (QED) is 0.594. The van der Waals surface area contributed by atoms with E-state index in [4.69, 9.17) is 21.8 Å². The van der Waals surface area contributed by atoms with Crippen LogP contribution in [-0.4, -0.2) is 37.0 Å². The van der Waals surface area contributed by atoms with Gasteiger partial charge in [0.15, 0.2) is 9.84 Å². The van der Waals surface area contributed by atoms with Gasteiger partial charge in [-0.15, -0.1) is 10.2 Å². The normalized spacial score (nSPS) is 17.9. The zero-order valence-electron chi connectivity index (χ0n) is 17.8. The molecule has 170 valence electrons. The van der Waals surface area contributed by atoms with E-state index in [9.17, 15) is 8.42 Å². The predicted octanol–water partition coefficient (Wildman–Crippen LogP) is 3.85. The summed E-state index contributed by atoms with van der Waals surface area (Å²) in [6.45, 7) is 4.68. The maximum atomic E-state index is 15.0. The molecule has 10 heteroatoms. The third-order valence-corrected chi connectivity index (χ3v) is 7.30. The first-order chi connectivity index (χ1) is 15.1. The molecule has 1 aliphatic rings. The molecule has 0 amide bonds. The molecule has 0 bridgehead atoms. The first-order valence-electron chi connectivity index (χ1n) is 10.3. The molecule has 3 aromatic rings. The van der Waals surface area contributed by atoms with Crippen molar-refractivity contribution in [2.45, 2.75) is 37.8 Å². The standard InChI is InChI=1S/C22H24ClFN4O3S/c1-13(2)7-21-26-27-22(31-21)17-8-19-20(9-18(17)24)32(29,30)12-16(25)11-28(19)10-14-3-5-15(23)6-4-14/h3-6,8-9,13,16H,7,10-12,25H2,1-2H3/t16-/m1/s1. The van der Waals surface area contributed by atoms with Gasteiger partial charge in [0.2, 0.25) is 5.89 Å². The molecule has 0 saturated heterocycles. The molecule has 0 radical (unpaired) electrons. The Balaban J connectivity index is 1.80. The van der Waals surface area contributed by atoms with Crippen LogP contribution in [0.25, 0.3) is 11.5 Å². The van der Waals surface area contributed by atoms with Crippen molar-refractivity contribution in [1.82, 2.24) is 10.2 Å². The predicted molar refractivity (Wildman–Crippen MR) is 121 cm³/mol. The van der Waals surface area contributed by atoms with Gasteiger partial charge in [0, 0.05) is 30.6 Å². The van der Waals surface area contributed by atoms with Crippen molar-refractivity contribution in [1.29, 1.82) is 0 Å². The maximum absolute atomic E-state index is 15.0. The Morgan fingerprint density at radius 2 is 1.97 bits per heavy atom. The number of benzene rings is 2. The van der Waals surface area contributed by atoms with E-state index in [1.54, 1.807) is 12.1 Å². The molecule has 1 aromatic heterocycles. The molecule has 32 heavy (non-hydrogen) atoms. The summed E-state index contributed by atoms with van der Waals surface area (Å²) >= 11 is 5.98. The summed E-state index contributed by atoms with van der Waals surface area (Å²) in [5.41, 5.74) is 7.44. The Labute approximate surface area is 191 Å². The Hall–Kier alpha value is -2.49. The van der Waals surface area contributed by atoms with Gasteiger partial charge < -0.3 is 15.1 Å². The van der Waals surface area contributed by atoms with Gasteiger partial charge in [-0.25, -0.2) is 12.8 Å². The van der Waals surface area contributed by atoms with Gasteiger partial charge in [0.1, 0.15) is 5.82 Å². The van der Waals surface area contributed by atoms with Crippen LogP contribution in [-0.2, 0) is 22.8 Å². The summed E-state index contributed by atoms with van der Waals surface area (Å²) < 4.78 is 46.6. The zero-order valence-corrected chi connectivity index (χ0v) is 19.3. The molecule has 2 N–H and O–H groups in total. The van der Waals surface area contributed by atoms with Crippen LogP contribution in [0.15, 0.2) is 45.7 Å². The maximum Gasteiger partial charge on any atom is 0.250 e. The number of hydrogen-bond acceptors (Lipinski definition) is 7. The number of halogens is 2. The third kappa shape index (κ3) is 4.79. The fourth-order valence-electron chi connectivity index (χ4n) is 3.76. The molecule has 1 aliphatic heterocycles. The van der Waals surface area contributed by atoms with Crippen molar-refractivity contribution < 1.29 is 17.2 Å². The second kappa shape index (κ2) is 8.80. The van der Waals surface area contributed by atoms with E-state index >= 15 is 4.39 Å². The van der Waals surface area contributed by atoms with Gasteiger partial charge in [-0.1, -0.05) is 37.6 Å². The lowest BCUT2D eigenvalue weighted by atomic mass is 10.1. The van der Waals surface area contributed by atoms with Crippen molar-refractivity contribution in [2.24, 2.45) is 11.7 Å². The number of sulfone groups is 1. The van der Waals surface area contributed by atoms with Crippen LogP contribution in [0, 0.1) is 11.7 Å². The summed E-state index contributed by atoms with van der Waals surface area (Å²) in [6, 6.07) is 9.09. The zero-order chi connectivity index (χ0) is 23.0. The van der Waals surface area contributed by atoms with Crippen molar-refractivity contribution in [3.05, 3.63) is 58.7 Å². The minimum Gasteiger partial charge on any atom is -0.421 e. The van der Waals surface area contributed by atoms with Gasteiger partial charge in [-0.2, -0.15) is 0 Å². The average molecular weight is 479 g/mol. The van der Waals surface area contributed by atoms with Gasteiger partial charge in [0.25, 0.3) is 5.89 Å². The fraction of sp³-hybridized carbons (Fsp3) is 0.364. The third-order valence-electron chi connectivity index (χ3n) is 5.18. The Bertz CT molecular complexity index is 1230. The highest BCUT2D eigenvalue weighted by Gasteiger charge is 2.32. The summed E-state index contributed by atoms with van der Waals surface area (Å²) in [4.78, 5) is 1.74. The lowest BCUT2D eigenvalue weighted by Gasteiger charge is -2.26. The highest BCUT2D eigenvalue weighted by molar-refractivity contribution is 7.91. The van der Waals surface area contributed by atoms with Gasteiger partial charge in [-0.05, 0) is 35.7 Å². The van der Waals surface area contributed by atoms with E-state index in [0.29, 0.717) is 35.5 Å². The number of aromatic nitrogens is 2. The highest BCUT2D eigenvalue weighted by Crippen LogP contribution is 2.36. The average Bonchev–Trinajstić information content (AvgIpc) is 3.12. The second-order valence-electron chi connectivity index (χ2n) is 8.45. The largest absolute Gasteiger partial charge is 0.421 e. The van der Waals surface area contributed by atoms with Gasteiger partial charge in [-0.3, -0.25) is 0 Å². The lowest BCUT2D eigenvalue weighted by molar-refractivity contribution is 0.464. The van der Waals surface area contributed by atoms with Crippen LogP contribution in [0.5, 0.6) is 0 Å². The SMILES string of the molecule is CC(C)Cc1nnc(-c2cc3c(cc2F)S(=O)(=O)C[C@H](N)CN3Cc2ccc(Cl)cc2)o1. The van der Waals surface area contributed by atoms with Crippen molar-refractivity contribution in [3.8, 4) is 11.5 Å². The molecule has 0 aliphatic carbocycles. The Kier molecular flexibility index (Phi) is 6.24. The second-order valence-corrected chi connectivity index (χ2v) is 10.9. The van der Waals surface area contributed by atoms with Crippen LogP contribution < -0.4 is 10.6 Å². The summed E-state index contributed by atoms with van der Waals surface area (Å²) in [5, 5.41) is 8.57. The molecule has 2 aromatic carbocycles. The lowest BCUT2D eigenvalue weighted by Crippen LogP contribution is -2.39. The number of nitrogens with two attached hydrogens (primary N) is 1. The molecule has 2 heterocycles. The van der Waals surface area contributed by atoms with E-state index in [2.05, 4.69) is 10.2 Å². The number of hydrogen-bond donors (Lipinski definition) is 1. The van der Waals surface area contributed by atoms with Gasteiger partial charge in [0.05, 0.1) is 21.9 Å². The molecule has 0 spiro atoms. The number of anilines is 1. The first-order valence-corrected chi connectivity index (χ1v) is 12.3. The molecule has 4 rings (SSSR count). The molecule has 0 unspecified atom stereocenters. The minimum atomic E-state index is -3.79. The monoisotopic (exact) mass is 478 g/mol. The van der Waals surface area contributed by atoms with E-state index in [1.807, 2.05) is 30.9 Å². The topological polar surface area (TPSA) is 102 Å². The minimum absolute atomic E-state index is 0.0123. The summed E-state index contributed by atoms with van der Waals surface area (Å²) in [7, 11) is -3.79. The van der Waals surface area contributed by atoms with Crippen LogP contribution >= 0.6 is 11.6 Å². The van der Waals surface area contributed by atoms with Crippen LogP contribution in [0.4, 0.5) is 10.1 Å². The van der Waals surface area contributed by atoms with Crippen LogP contribution in [0.3, 0.4) is 0 Å². The fourth-order valence-corrected chi connectivity index (χ4v) is 5.53. The Morgan fingerprint density at radius 3 is 2.66 bits per heavy atom. The summed E-state index contributed by atoms with van der Waals surface area (Å²) in [6.07, 6.45) is 0.561. The van der Waals surface area contributed by atoms with E-state index in [-0.39, 0.29) is 28.6 Å². The molecule has 0 saturated carbocycles. The molecule has 1 atom stereocenters. The van der Waals surface area contributed by atoms with Gasteiger partial charge >= 0.3 is 0 Å². The Morgan fingerprint density at radius 1 is 1.25 bits per heavy atom. The molecular weight excluding hydrogens is 455 g/mol. The van der Waals surface area contributed by atoms with E-state index < -0.39 is 21.7 Å². The van der Waals surface area contributed by atoms with Crippen molar-refractivity contribution in [2.75, 3.05) is 17.2 Å². The van der Waals surface area contributed by atoms with Crippen LogP contribution in [0.1, 0.15) is 25.3 Å². The molecular formula is C22H24ClFN4O3S. The smallest absolute Gasteiger partial charge is 0.250 e. The number of rotatable bonds is 5. The first kappa shape index (κ1) is 22.7. The van der Waals surface area contributed by atoms with Crippen molar-refractivity contribution >= 4 is 27.1 Å². The highest BCUT2D eigenvalue weighted by atomic mass is 35.5. The number of fused-ring (bicyclic) bond motifs is 1. The van der Waals surface area contributed by atoms with Crippen LogP contribution in [0.2, 0.25) is 5.02 Å². The summed E-state index contributed by atoms with van der Waals surface area (Å²) in [5.74, 6) is -0.305. The van der Waals surface area contributed by atoms with E-state index in [0.717, 1.165) is 11.6 Å². The number of nitrogens with zero attached hydrogens (tertiary/aromatic N) is 3. The molecule has 0 fully saturated rings. The van der Waals surface area contributed by atoms with Crippen molar-refractivity contribution in [3.63, 3.8) is 0 Å².